The number of anilines is 3. The maximum absolute atomic E-state index is 10.7. The minimum absolute atomic E-state index is 0.443. The molecule has 0 radical (unpaired) electrons. The van der Waals surface area contributed by atoms with E-state index in [1.165, 1.54) is 22.3 Å². The number of rotatable bonds is 8. The zero-order chi connectivity index (χ0) is 25.5. The first-order valence-electron chi connectivity index (χ1n) is 12.2. The predicted molar refractivity (Wildman–Crippen MR) is 152 cm³/mol. The topological polar surface area (TPSA) is 29.5 Å². The number of carbonyl (C=O) groups excluding carboxylic acids is 1. The van der Waals surface area contributed by atoms with E-state index < -0.39 is 0 Å². The van der Waals surface area contributed by atoms with Gasteiger partial charge in [-0.2, -0.15) is 0 Å². The first-order chi connectivity index (χ1) is 18.2. The van der Waals surface area contributed by atoms with E-state index >= 15 is 0 Å². The van der Waals surface area contributed by atoms with Crippen LogP contribution >= 0.6 is 0 Å². The lowest BCUT2D eigenvalue weighted by Crippen LogP contribution is -2.09. The first-order valence-corrected chi connectivity index (χ1v) is 12.2. The molecule has 5 aromatic rings. The van der Waals surface area contributed by atoms with Crippen LogP contribution in [0.15, 0.2) is 133 Å². The molecule has 0 aliphatic carbocycles. The van der Waals surface area contributed by atoms with Gasteiger partial charge in [-0.05, 0) is 83.8 Å². The van der Waals surface area contributed by atoms with Crippen molar-refractivity contribution in [2.75, 3.05) is 4.90 Å². The highest BCUT2D eigenvalue weighted by Gasteiger charge is 2.13. The lowest BCUT2D eigenvalue weighted by atomic mass is 9.95. The molecule has 3 heteroatoms. The van der Waals surface area contributed by atoms with Crippen molar-refractivity contribution >= 4 is 35.2 Å². The summed E-state index contributed by atoms with van der Waals surface area (Å²) in [6.45, 7) is 2.52. The molecule has 5 aromatic carbocycles. The van der Waals surface area contributed by atoms with E-state index in [9.17, 15) is 4.79 Å². The van der Waals surface area contributed by atoms with Crippen molar-refractivity contribution < 1.29 is 9.53 Å². The average molecular weight is 482 g/mol. The molecule has 0 saturated heterocycles. The molecule has 180 valence electrons. The summed E-state index contributed by atoms with van der Waals surface area (Å²) in [4.78, 5) is 12.9. The van der Waals surface area contributed by atoms with Crippen LogP contribution in [0.5, 0.6) is 5.75 Å². The van der Waals surface area contributed by atoms with E-state index in [-0.39, 0.29) is 0 Å². The molecular formula is C34H27NO2. The second-order valence-electron chi connectivity index (χ2n) is 8.76. The third-order valence-electron chi connectivity index (χ3n) is 6.20. The normalized spacial score (nSPS) is 10.4. The van der Waals surface area contributed by atoms with Crippen molar-refractivity contribution in [1.29, 1.82) is 0 Å². The maximum Gasteiger partial charge on any atom is 0.298 e. The number of benzene rings is 5. The van der Waals surface area contributed by atoms with Crippen molar-refractivity contribution in [2.24, 2.45) is 0 Å². The van der Waals surface area contributed by atoms with Gasteiger partial charge in [0, 0.05) is 17.1 Å². The molecular weight excluding hydrogens is 454 g/mol. The Labute approximate surface area is 217 Å². The first kappa shape index (κ1) is 23.8. The molecule has 5 rings (SSSR count). The molecule has 3 nitrogen and oxygen atoms in total. The number of hydrogen-bond acceptors (Lipinski definition) is 3. The second kappa shape index (κ2) is 11.2. The summed E-state index contributed by atoms with van der Waals surface area (Å²) < 4.78 is 4.99. The number of carbonyl (C=O) groups is 1. The standard InChI is InChI=1S/C34H27NO2/c1-26-12-16-30(17-13-26)35(32-20-22-33(23-21-32)37-25-36)31-18-14-27(15-19-31)24-34(28-8-4-2-5-9-28)29-10-6-3-7-11-29/h2-25H,1H3. The van der Waals surface area contributed by atoms with Gasteiger partial charge in [-0.3, -0.25) is 4.79 Å². The fraction of sp³-hybridized carbons (Fsp3) is 0.0294. The Morgan fingerprint density at radius 1 is 0.595 bits per heavy atom. The van der Waals surface area contributed by atoms with Crippen molar-refractivity contribution in [3.05, 3.63) is 156 Å². The third kappa shape index (κ3) is 5.68. The highest BCUT2D eigenvalue weighted by Crippen LogP contribution is 2.36. The highest BCUT2D eigenvalue weighted by molar-refractivity contribution is 5.91. The molecule has 0 bridgehead atoms. The van der Waals surface area contributed by atoms with Crippen LogP contribution in [-0.4, -0.2) is 6.47 Å². The summed E-state index contributed by atoms with van der Waals surface area (Å²) in [6.07, 6.45) is 2.23. The molecule has 0 N–H and O–H groups in total. The smallest absolute Gasteiger partial charge is 0.298 e. The third-order valence-corrected chi connectivity index (χ3v) is 6.20. The van der Waals surface area contributed by atoms with E-state index in [0.29, 0.717) is 12.2 Å². The van der Waals surface area contributed by atoms with E-state index in [4.69, 9.17) is 4.74 Å². The van der Waals surface area contributed by atoms with Crippen LogP contribution in [0.2, 0.25) is 0 Å². The highest BCUT2D eigenvalue weighted by atomic mass is 16.5. The Balaban J connectivity index is 1.53. The van der Waals surface area contributed by atoms with E-state index in [1.807, 2.05) is 24.3 Å². The molecule has 0 aliphatic heterocycles. The summed E-state index contributed by atoms with van der Waals surface area (Å²) in [5, 5.41) is 0. The van der Waals surface area contributed by atoms with Crippen LogP contribution in [0.3, 0.4) is 0 Å². The van der Waals surface area contributed by atoms with Gasteiger partial charge in [-0.15, -0.1) is 0 Å². The number of hydrogen-bond donors (Lipinski definition) is 0. The van der Waals surface area contributed by atoms with E-state index in [0.717, 1.165) is 22.6 Å². The van der Waals surface area contributed by atoms with Gasteiger partial charge >= 0.3 is 0 Å². The molecule has 0 aromatic heterocycles. The van der Waals surface area contributed by atoms with Crippen molar-refractivity contribution in [2.45, 2.75) is 6.92 Å². The van der Waals surface area contributed by atoms with Gasteiger partial charge in [0.1, 0.15) is 5.75 Å². The number of ether oxygens (including phenoxy) is 1. The van der Waals surface area contributed by atoms with Gasteiger partial charge in [-0.1, -0.05) is 90.5 Å². The van der Waals surface area contributed by atoms with Crippen LogP contribution < -0.4 is 9.64 Å². The Morgan fingerprint density at radius 3 is 1.54 bits per heavy atom. The van der Waals surface area contributed by atoms with Crippen LogP contribution in [0, 0.1) is 6.92 Å². The summed E-state index contributed by atoms with van der Waals surface area (Å²) >= 11 is 0. The van der Waals surface area contributed by atoms with E-state index in [1.54, 1.807) is 12.1 Å². The lowest BCUT2D eigenvalue weighted by molar-refractivity contribution is -0.120. The summed E-state index contributed by atoms with van der Waals surface area (Å²) in [6, 6.07) is 45.4. The molecule has 0 heterocycles. The Kier molecular flexibility index (Phi) is 7.24. The molecule has 0 saturated carbocycles. The zero-order valence-electron chi connectivity index (χ0n) is 20.6. The second-order valence-corrected chi connectivity index (χ2v) is 8.76. The van der Waals surface area contributed by atoms with E-state index in [2.05, 4.69) is 115 Å². The van der Waals surface area contributed by atoms with Gasteiger partial charge < -0.3 is 9.64 Å². The molecule has 0 spiro atoms. The number of nitrogens with zero attached hydrogens (tertiary/aromatic N) is 1. The van der Waals surface area contributed by atoms with Gasteiger partial charge in [-0.25, -0.2) is 0 Å². The Hall–Kier alpha value is -4.89. The summed E-state index contributed by atoms with van der Waals surface area (Å²) in [7, 11) is 0. The summed E-state index contributed by atoms with van der Waals surface area (Å²) in [5.41, 5.74) is 8.90. The van der Waals surface area contributed by atoms with Crippen molar-refractivity contribution in [1.82, 2.24) is 0 Å². The molecule has 37 heavy (non-hydrogen) atoms. The molecule has 0 aliphatic rings. The molecule has 0 unspecified atom stereocenters. The van der Waals surface area contributed by atoms with Crippen molar-refractivity contribution in [3.8, 4) is 5.75 Å². The Morgan fingerprint density at radius 2 is 1.05 bits per heavy atom. The van der Waals surface area contributed by atoms with Gasteiger partial charge in [0.15, 0.2) is 0 Å². The van der Waals surface area contributed by atoms with Crippen LogP contribution in [0.4, 0.5) is 17.1 Å². The maximum atomic E-state index is 10.7. The summed E-state index contributed by atoms with van der Waals surface area (Å²) in [5.74, 6) is 0.512. The SMILES string of the molecule is Cc1ccc(N(c2ccc(C=C(c3ccccc3)c3ccccc3)cc2)c2ccc(OC=O)cc2)cc1. The minimum atomic E-state index is 0.443. The minimum Gasteiger partial charge on any atom is -0.429 e. The molecule has 0 atom stereocenters. The average Bonchev–Trinajstić information content (AvgIpc) is 2.96. The van der Waals surface area contributed by atoms with Crippen molar-refractivity contribution in [3.63, 3.8) is 0 Å². The zero-order valence-corrected chi connectivity index (χ0v) is 20.6. The number of aryl methyl sites for hydroxylation is 1. The fourth-order valence-electron chi connectivity index (χ4n) is 4.33. The Bertz CT molecular complexity index is 1430. The van der Waals surface area contributed by atoms with Gasteiger partial charge in [0.2, 0.25) is 0 Å². The molecule has 0 fully saturated rings. The van der Waals surface area contributed by atoms with Gasteiger partial charge in [0.25, 0.3) is 6.47 Å². The monoisotopic (exact) mass is 481 g/mol. The molecule has 0 amide bonds. The largest absolute Gasteiger partial charge is 0.429 e. The fourth-order valence-corrected chi connectivity index (χ4v) is 4.33. The van der Waals surface area contributed by atoms with Crippen LogP contribution in [0.1, 0.15) is 22.3 Å². The quantitative estimate of drug-likeness (QED) is 0.164. The van der Waals surface area contributed by atoms with Gasteiger partial charge in [0.05, 0.1) is 0 Å². The van der Waals surface area contributed by atoms with Crippen LogP contribution in [0.25, 0.3) is 11.6 Å². The van der Waals surface area contributed by atoms with Crippen LogP contribution in [-0.2, 0) is 4.79 Å². The lowest BCUT2D eigenvalue weighted by Gasteiger charge is -2.26. The predicted octanol–water partition coefficient (Wildman–Crippen LogP) is 8.59.